The number of carboxylic acid groups (broad SMARTS) is 1. The van der Waals surface area contributed by atoms with E-state index in [1.54, 1.807) is 36.4 Å². The van der Waals surface area contributed by atoms with Gasteiger partial charge >= 0.3 is 5.97 Å². The Kier molecular flexibility index (Phi) is 8.18. The number of aromatic carboxylic acids is 1. The van der Waals surface area contributed by atoms with Gasteiger partial charge in [0, 0.05) is 58.9 Å². The van der Waals surface area contributed by atoms with Gasteiger partial charge in [-0.2, -0.15) is 0 Å². The van der Waals surface area contributed by atoms with Crippen LogP contribution >= 0.6 is 11.6 Å². The monoisotopic (exact) mass is 551 g/mol. The number of rotatable bonds is 10. The summed E-state index contributed by atoms with van der Waals surface area (Å²) in [5.74, 6) is -1.52. The Labute approximate surface area is 228 Å². The van der Waals surface area contributed by atoms with Crippen molar-refractivity contribution in [3.8, 4) is 16.9 Å². The SMILES string of the molecule is COCC[C@H](C(=O)Nc1ccc2[nH]c(C(=O)O)cc2c1)n1cc(OC)c(-c2cc(Cl)ccc2C(C)=O)cc1=O. The molecule has 4 rings (SSSR count). The number of fused-ring (bicyclic) bond motifs is 1. The first-order valence-electron chi connectivity index (χ1n) is 11.9. The van der Waals surface area contributed by atoms with E-state index in [1.807, 2.05) is 0 Å². The number of pyridine rings is 1. The molecule has 0 saturated carbocycles. The van der Waals surface area contributed by atoms with Crippen LogP contribution in [0, 0.1) is 0 Å². The summed E-state index contributed by atoms with van der Waals surface area (Å²) in [4.78, 5) is 53.1. The molecule has 1 atom stereocenters. The number of ether oxygens (including phenoxy) is 2. The fourth-order valence-corrected chi connectivity index (χ4v) is 4.54. The summed E-state index contributed by atoms with van der Waals surface area (Å²) in [6, 6.07) is 11.5. The quantitative estimate of drug-likeness (QED) is 0.241. The van der Waals surface area contributed by atoms with Crippen molar-refractivity contribution in [2.45, 2.75) is 19.4 Å². The number of aromatic amines is 1. The van der Waals surface area contributed by atoms with Gasteiger partial charge in [0.2, 0.25) is 5.91 Å². The fourth-order valence-electron chi connectivity index (χ4n) is 4.37. The zero-order valence-electron chi connectivity index (χ0n) is 21.4. The Morgan fingerprint density at radius 1 is 1.08 bits per heavy atom. The highest BCUT2D eigenvalue weighted by Crippen LogP contribution is 2.34. The molecule has 0 aliphatic heterocycles. The molecule has 0 fully saturated rings. The van der Waals surface area contributed by atoms with E-state index in [0.29, 0.717) is 38.3 Å². The maximum atomic E-state index is 13.4. The number of hydrogen-bond acceptors (Lipinski definition) is 6. The van der Waals surface area contributed by atoms with Gasteiger partial charge in [0.15, 0.2) is 5.78 Å². The van der Waals surface area contributed by atoms with Crippen LogP contribution in [0.15, 0.2) is 59.5 Å². The number of H-pyrrole nitrogens is 1. The van der Waals surface area contributed by atoms with E-state index in [4.69, 9.17) is 21.1 Å². The van der Waals surface area contributed by atoms with Crippen LogP contribution in [-0.4, -0.2) is 53.1 Å². The van der Waals surface area contributed by atoms with Gasteiger partial charge in [-0.05, 0) is 55.0 Å². The van der Waals surface area contributed by atoms with Gasteiger partial charge in [0.25, 0.3) is 5.56 Å². The number of methoxy groups -OCH3 is 2. The fraction of sp³-hybridized carbons (Fsp3) is 0.214. The Balaban J connectivity index is 1.73. The van der Waals surface area contributed by atoms with Gasteiger partial charge < -0.3 is 24.9 Å². The number of aromatic nitrogens is 2. The zero-order valence-corrected chi connectivity index (χ0v) is 22.2. The molecule has 11 heteroatoms. The molecule has 0 aliphatic rings. The number of Topliss-reactive ketones (excluding diaryl/α,β-unsaturated/α-hetero) is 1. The van der Waals surface area contributed by atoms with Gasteiger partial charge in [-0.1, -0.05) is 11.6 Å². The lowest BCUT2D eigenvalue weighted by molar-refractivity contribution is -0.119. The van der Waals surface area contributed by atoms with Crippen molar-refractivity contribution < 1.29 is 29.0 Å². The minimum Gasteiger partial charge on any atom is -0.495 e. The summed E-state index contributed by atoms with van der Waals surface area (Å²) in [5.41, 5.74) is 1.73. The zero-order chi connectivity index (χ0) is 28.3. The Morgan fingerprint density at radius 2 is 1.85 bits per heavy atom. The van der Waals surface area contributed by atoms with Crippen LogP contribution in [-0.2, 0) is 9.53 Å². The highest BCUT2D eigenvalue weighted by atomic mass is 35.5. The number of nitrogens with zero attached hydrogens (tertiary/aromatic N) is 1. The molecule has 2 heterocycles. The van der Waals surface area contributed by atoms with Crippen molar-refractivity contribution in [1.82, 2.24) is 9.55 Å². The van der Waals surface area contributed by atoms with Gasteiger partial charge in [-0.15, -0.1) is 0 Å². The summed E-state index contributed by atoms with van der Waals surface area (Å²) in [7, 11) is 2.91. The molecular formula is C28H26ClN3O7. The third-order valence-corrected chi connectivity index (χ3v) is 6.50. The van der Waals surface area contributed by atoms with Crippen molar-refractivity contribution in [2.24, 2.45) is 0 Å². The highest BCUT2D eigenvalue weighted by molar-refractivity contribution is 6.31. The minimum absolute atomic E-state index is 0.0258. The molecule has 4 aromatic rings. The molecule has 0 saturated heterocycles. The molecule has 0 bridgehead atoms. The lowest BCUT2D eigenvalue weighted by atomic mass is 9.97. The average molecular weight is 552 g/mol. The molecule has 2 aromatic carbocycles. The first-order valence-corrected chi connectivity index (χ1v) is 12.3. The number of carboxylic acids is 1. The number of ketones is 1. The van der Waals surface area contributed by atoms with E-state index in [0.717, 1.165) is 0 Å². The first-order chi connectivity index (χ1) is 18.6. The Morgan fingerprint density at radius 3 is 2.51 bits per heavy atom. The minimum atomic E-state index is -1.10. The molecule has 202 valence electrons. The van der Waals surface area contributed by atoms with Crippen molar-refractivity contribution in [3.05, 3.63) is 81.4 Å². The standard InChI is InChI=1S/C28H26ClN3O7/c1-15(33)19-6-4-17(29)12-20(19)21-13-26(34)32(14-25(21)39-3)24(8-9-38-2)27(35)30-18-5-7-22-16(10-18)11-23(31-22)28(36)37/h4-7,10-14,24,31H,8-9H2,1-3H3,(H,30,35)(H,36,37)/t24-/m1/s1. The van der Waals surface area contributed by atoms with Gasteiger partial charge in [0.1, 0.15) is 17.5 Å². The van der Waals surface area contributed by atoms with E-state index in [1.165, 1.54) is 44.0 Å². The van der Waals surface area contributed by atoms with Gasteiger partial charge in [-0.25, -0.2) is 4.79 Å². The number of benzene rings is 2. The van der Waals surface area contributed by atoms with Crippen molar-refractivity contribution in [2.75, 3.05) is 26.1 Å². The van der Waals surface area contributed by atoms with Crippen molar-refractivity contribution >= 4 is 45.9 Å². The molecule has 0 spiro atoms. The van der Waals surface area contributed by atoms with Crippen LogP contribution in [0.5, 0.6) is 5.75 Å². The van der Waals surface area contributed by atoms with Crippen LogP contribution in [0.25, 0.3) is 22.0 Å². The van der Waals surface area contributed by atoms with Gasteiger partial charge in [-0.3, -0.25) is 19.0 Å². The molecule has 0 aliphatic carbocycles. The van der Waals surface area contributed by atoms with E-state index in [-0.39, 0.29) is 30.3 Å². The van der Waals surface area contributed by atoms with Crippen LogP contribution in [0.2, 0.25) is 5.02 Å². The lowest BCUT2D eigenvalue weighted by Crippen LogP contribution is -2.34. The number of amides is 1. The van der Waals surface area contributed by atoms with Crippen molar-refractivity contribution in [1.29, 1.82) is 0 Å². The lowest BCUT2D eigenvalue weighted by Gasteiger charge is -2.21. The second-order valence-electron chi connectivity index (χ2n) is 8.82. The molecule has 39 heavy (non-hydrogen) atoms. The predicted octanol–water partition coefficient (Wildman–Crippen LogP) is 4.78. The van der Waals surface area contributed by atoms with Crippen LogP contribution < -0.4 is 15.6 Å². The summed E-state index contributed by atoms with van der Waals surface area (Å²) in [5, 5.41) is 13.0. The van der Waals surface area contributed by atoms with E-state index >= 15 is 0 Å². The average Bonchev–Trinajstić information content (AvgIpc) is 3.33. The smallest absolute Gasteiger partial charge is 0.352 e. The molecule has 2 aromatic heterocycles. The van der Waals surface area contributed by atoms with Crippen LogP contribution in [0.4, 0.5) is 5.69 Å². The molecule has 0 radical (unpaired) electrons. The van der Waals surface area contributed by atoms with Gasteiger partial charge in [0.05, 0.1) is 13.3 Å². The van der Waals surface area contributed by atoms with E-state index in [9.17, 15) is 24.3 Å². The number of hydrogen-bond donors (Lipinski definition) is 3. The Bertz CT molecular complexity index is 1640. The number of carbonyl (C=O) groups is 3. The van der Waals surface area contributed by atoms with Crippen LogP contribution in [0.1, 0.15) is 40.2 Å². The molecule has 10 nitrogen and oxygen atoms in total. The molecular weight excluding hydrogens is 526 g/mol. The summed E-state index contributed by atoms with van der Waals surface area (Å²) < 4.78 is 12.0. The predicted molar refractivity (Wildman–Crippen MR) is 147 cm³/mol. The molecule has 1 amide bonds. The third kappa shape index (κ3) is 5.87. The number of carbonyl (C=O) groups excluding carboxylic acids is 2. The third-order valence-electron chi connectivity index (χ3n) is 6.27. The van der Waals surface area contributed by atoms with E-state index in [2.05, 4.69) is 10.3 Å². The maximum Gasteiger partial charge on any atom is 0.352 e. The topological polar surface area (TPSA) is 140 Å². The van der Waals surface area contributed by atoms with E-state index < -0.39 is 23.5 Å². The molecule has 3 N–H and O–H groups in total. The summed E-state index contributed by atoms with van der Waals surface area (Å²) in [6.45, 7) is 1.61. The normalized spacial score (nSPS) is 11.8. The summed E-state index contributed by atoms with van der Waals surface area (Å²) >= 11 is 6.18. The number of halogens is 1. The number of anilines is 1. The summed E-state index contributed by atoms with van der Waals surface area (Å²) in [6.07, 6.45) is 1.60. The maximum absolute atomic E-state index is 13.4. The second kappa shape index (κ2) is 11.5. The second-order valence-corrected chi connectivity index (χ2v) is 9.26. The highest BCUT2D eigenvalue weighted by Gasteiger charge is 2.25. The molecule has 0 unspecified atom stereocenters. The van der Waals surface area contributed by atoms with Crippen LogP contribution in [0.3, 0.4) is 0 Å². The largest absolute Gasteiger partial charge is 0.495 e. The van der Waals surface area contributed by atoms with Crippen molar-refractivity contribution in [3.63, 3.8) is 0 Å². The number of nitrogens with one attached hydrogen (secondary N) is 2. The first kappa shape index (κ1) is 27.6. The Hall–Kier alpha value is -4.41.